The van der Waals surface area contributed by atoms with Gasteiger partial charge in [-0.1, -0.05) is 12.2 Å². The standard InChI is InChI=1S/C8H15NO/c1-5(2)8(6(3)9)7(4)10/h7,10H,3,9H2,1-2,4H3. The van der Waals surface area contributed by atoms with Crippen molar-refractivity contribution in [3.63, 3.8) is 0 Å². The Kier molecular flexibility index (Phi) is 3.16. The first-order chi connectivity index (χ1) is 4.46. The molecule has 3 N–H and O–H groups in total. The molecule has 0 fully saturated rings. The summed E-state index contributed by atoms with van der Waals surface area (Å²) in [7, 11) is 0. The van der Waals surface area contributed by atoms with Crippen LogP contribution >= 0.6 is 0 Å². The van der Waals surface area contributed by atoms with Crippen LogP contribution in [0.5, 0.6) is 0 Å². The Morgan fingerprint density at radius 2 is 1.90 bits per heavy atom. The smallest absolute Gasteiger partial charge is 0.0780 e. The van der Waals surface area contributed by atoms with E-state index in [1.807, 2.05) is 13.8 Å². The van der Waals surface area contributed by atoms with Gasteiger partial charge in [0.25, 0.3) is 0 Å². The van der Waals surface area contributed by atoms with E-state index in [0.717, 1.165) is 11.1 Å². The topological polar surface area (TPSA) is 46.2 Å². The van der Waals surface area contributed by atoms with Crippen molar-refractivity contribution in [3.8, 4) is 0 Å². The summed E-state index contributed by atoms with van der Waals surface area (Å²) in [5.41, 5.74) is 7.65. The molecule has 0 spiro atoms. The van der Waals surface area contributed by atoms with Gasteiger partial charge in [-0.25, -0.2) is 0 Å². The summed E-state index contributed by atoms with van der Waals surface area (Å²) in [5, 5.41) is 9.15. The highest BCUT2D eigenvalue weighted by Gasteiger charge is 2.06. The fourth-order valence-electron chi connectivity index (χ4n) is 1.01. The number of rotatable bonds is 2. The normalized spacial score (nSPS) is 12.4. The zero-order valence-corrected chi connectivity index (χ0v) is 6.81. The number of allylic oxidation sites excluding steroid dienone is 1. The van der Waals surface area contributed by atoms with Crippen molar-refractivity contribution in [2.24, 2.45) is 5.73 Å². The zero-order valence-electron chi connectivity index (χ0n) is 6.81. The van der Waals surface area contributed by atoms with Crippen molar-refractivity contribution in [2.75, 3.05) is 0 Å². The first kappa shape index (κ1) is 9.24. The molecule has 2 heteroatoms. The number of hydrogen-bond donors (Lipinski definition) is 2. The Labute approximate surface area is 62.0 Å². The van der Waals surface area contributed by atoms with Crippen LogP contribution in [-0.2, 0) is 0 Å². The molecule has 0 aliphatic heterocycles. The quantitative estimate of drug-likeness (QED) is 0.567. The second kappa shape index (κ2) is 3.42. The van der Waals surface area contributed by atoms with E-state index in [-0.39, 0.29) is 0 Å². The van der Waals surface area contributed by atoms with Crippen LogP contribution in [0.4, 0.5) is 0 Å². The Morgan fingerprint density at radius 1 is 1.50 bits per heavy atom. The lowest BCUT2D eigenvalue weighted by Crippen LogP contribution is -2.13. The monoisotopic (exact) mass is 141 g/mol. The second-order valence-corrected chi connectivity index (χ2v) is 2.61. The summed E-state index contributed by atoms with van der Waals surface area (Å²) in [6.45, 7) is 9.04. The molecule has 0 aromatic carbocycles. The van der Waals surface area contributed by atoms with Crippen molar-refractivity contribution >= 4 is 0 Å². The molecule has 58 valence electrons. The number of aliphatic hydroxyl groups excluding tert-OH is 1. The van der Waals surface area contributed by atoms with Gasteiger partial charge >= 0.3 is 0 Å². The molecule has 10 heavy (non-hydrogen) atoms. The van der Waals surface area contributed by atoms with Crippen LogP contribution < -0.4 is 5.73 Å². The van der Waals surface area contributed by atoms with E-state index in [0.29, 0.717) is 5.70 Å². The summed E-state index contributed by atoms with van der Waals surface area (Å²) in [6.07, 6.45) is -0.512. The second-order valence-electron chi connectivity index (χ2n) is 2.61. The minimum absolute atomic E-state index is 0.454. The Hall–Kier alpha value is -0.760. The third kappa shape index (κ3) is 2.23. The lowest BCUT2D eigenvalue weighted by molar-refractivity contribution is 0.232. The van der Waals surface area contributed by atoms with Crippen LogP contribution in [0, 0.1) is 0 Å². The maximum Gasteiger partial charge on any atom is 0.0780 e. The summed E-state index contributed by atoms with van der Waals surface area (Å²) in [6, 6.07) is 0. The lowest BCUT2D eigenvalue weighted by Gasteiger charge is -2.11. The van der Waals surface area contributed by atoms with Gasteiger partial charge in [0.2, 0.25) is 0 Å². The zero-order chi connectivity index (χ0) is 8.31. The molecule has 0 heterocycles. The Bertz CT molecular complexity index is 164. The molecule has 0 aliphatic carbocycles. The molecule has 1 unspecified atom stereocenters. The number of hydrogen-bond acceptors (Lipinski definition) is 2. The van der Waals surface area contributed by atoms with Crippen molar-refractivity contribution in [2.45, 2.75) is 26.9 Å². The molecular weight excluding hydrogens is 126 g/mol. The summed E-state index contributed by atoms with van der Waals surface area (Å²) in [4.78, 5) is 0. The van der Waals surface area contributed by atoms with E-state index >= 15 is 0 Å². The summed E-state index contributed by atoms with van der Waals surface area (Å²) < 4.78 is 0. The molecule has 0 rings (SSSR count). The molecule has 0 saturated carbocycles. The fourth-order valence-corrected chi connectivity index (χ4v) is 1.01. The van der Waals surface area contributed by atoms with Gasteiger partial charge in [0.05, 0.1) is 6.10 Å². The van der Waals surface area contributed by atoms with Gasteiger partial charge < -0.3 is 10.8 Å². The summed E-state index contributed by atoms with van der Waals surface area (Å²) in [5.74, 6) is 0. The van der Waals surface area contributed by atoms with Crippen molar-refractivity contribution in [1.29, 1.82) is 0 Å². The van der Waals surface area contributed by atoms with Gasteiger partial charge in [-0.2, -0.15) is 0 Å². The minimum atomic E-state index is -0.512. The fraction of sp³-hybridized carbons (Fsp3) is 0.500. The number of aliphatic hydroxyl groups is 1. The average Bonchev–Trinajstić information content (AvgIpc) is 1.59. The van der Waals surface area contributed by atoms with Crippen molar-refractivity contribution in [1.82, 2.24) is 0 Å². The minimum Gasteiger partial charge on any atom is -0.399 e. The van der Waals surface area contributed by atoms with Crippen molar-refractivity contribution in [3.05, 3.63) is 23.4 Å². The van der Waals surface area contributed by atoms with Gasteiger partial charge in [0.15, 0.2) is 0 Å². The van der Waals surface area contributed by atoms with Gasteiger partial charge in [-0.15, -0.1) is 0 Å². The van der Waals surface area contributed by atoms with E-state index in [4.69, 9.17) is 10.8 Å². The van der Waals surface area contributed by atoms with Gasteiger partial charge in [-0.3, -0.25) is 0 Å². The van der Waals surface area contributed by atoms with E-state index in [1.54, 1.807) is 6.92 Å². The highest BCUT2D eigenvalue weighted by molar-refractivity contribution is 5.32. The van der Waals surface area contributed by atoms with Gasteiger partial charge in [-0.05, 0) is 20.8 Å². The van der Waals surface area contributed by atoms with Crippen LogP contribution in [0.15, 0.2) is 23.4 Å². The molecular formula is C8H15NO. The molecule has 2 nitrogen and oxygen atoms in total. The van der Waals surface area contributed by atoms with Crippen molar-refractivity contribution < 1.29 is 5.11 Å². The van der Waals surface area contributed by atoms with E-state index in [9.17, 15) is 0 Å². The SMILES string of the molecule is C=C(N)C(=C(C)C)C(C)O. The summed E-state index contributed by atoms with van der Waals surface area (Å²) >= 11 is 0. The Morgan fingerprint density at radius 3 is 1.90 bits per heavy atom. The van der Waals surface area contributed by atoms with E-state index in [1.165, 1.54) is 0 Å². The molecule has 0 aromatic rings. The predicted molar refractivity (Wildman–Crippen MR) is 43.4 cm³/mol. The maximum atomic E-state index is 9.15. The highest BCUT2D eigenvalue weighted by atomic mass is 16.3. The van der Waals surface area contributed by atoms with Gasteiger partial charge in [0, 0.05) is 11.3 Å². The van der Waals surface area contributed by atoms with E-state index < -0.39 is 6.10 Å². The third-order valence-electron chi connectivity index (χ3n) is 1.30. The maximum absolute atomic E-state index is 9.15. The molecule has 0 radical (unpaired) electrons. The Balaban J connectivity index is 4.61. The lowest BCUT2D eigenvalue weighted by atomic mass is 10.0. The van der Waals surface area contributed by atoms with E-state index in [2.05, 4.69) is 6.58 Å². The average molecular weight is 141 g/mol. The first-order valence-electron chi connectivity index (χ1n) is 3.27. The predicted octanol–water partition coefficient (Wildman–Crippen LogP) is 1.18. The van der Waals surface area contributed by atoms with Crippen LogP contribution in [0.1, 0.15) is 20.8 Å². The molecule has 0 saturated heterocycles. The molecule has 1 atom stereocenters. The number of nitrogens with two attached hydrogens (primary N) is 1. The first-order valence-corrected chi connectivity index (χ1v) is 3.27. The molecule has 0 amide bonds. The van der Waals surface area contributed by atoms with Crippen LogP contribution in [0.2, 0.25) is 0 Å². The largest absolute Gasteiger partial charge is 0.399 e. The molecule has 0 aromatic heterocycles. The highest BCUT2D eigenvalue weighted by Crippen LogP contribution is 2.12. The molecule has 0 aliphatic rings. The van der Waals surface area contributed by atoms with Crippen LogP contribution in [-0.4, -0.2) is 11.2 Å². The van der Waals surface area contributed by atoms with Crippen LogP contribution in [0.25, 0.3) is 0 Å². The molecule has 0 bridgehead atoms. The van der Waals surface area contributed by atoms with Crippen LogP contribution in [0.3, 0.4) is 0 Å². The van der Waals surface area contributed by atoms with Gasteiger partial charge in [0.1, 0.15) is 0 Å². The third-order valence-corrected chi connectivity index (χ3v) is 1.30.